The van der Waals surface area contributed by atoms with Gasteiger partial charge in [0, 0.05) is 24.2 Å². The summed E-state index contributed by atoms with van der Waals surface area (Å²) in [5, 5.41) is 0.431. The van der Waals surface area contributed by atoms with E-state index in [1.54, 1.807) is 11.1 Å². The quantitative estimate of drug-likeness (QED) is 0.824. The minimum atomic E-state index is -0.919. The Balaban J connectivity index is 2.12. The van der Waals surface area contributed by atoms with Crippen LogP contribution in [0.1, 0.15) is 10.4 Å². The molecule has 2 N–H and O–H groups in total. The summed E-state index contributed by atoms with van der Waals surface area (Å²) in [7, 11) is 1.29. The highest BCUT2D eigenvalue weighted by atomic mass is 32.1. The smallest absolute Gasteiger partial charge is 0.319 e. The largest absolute Gasteiger partial charge is 0.468 e. The zero-order valence-corrected chi connectivity index (χ0v) is 12.7. The lowest BCUT2D eigenvalue weighted by Gasteiger charge is -2.20. The highest BCUT2D eigenvalue weighted by Crippen LogP contribution is 2.18. The van der Waals surface area contributed by atoms with E-state index in [-0.39, 0.29) is 13.1 Å². The number of nitrogens with two attached hydrogens (primary N) is 1. The molecule has 2 rings (SSSR count). The number of rotatable bonds is 6. The number of hydrogen-bond acceptors (Lipinski definition) is 6. The first-order valence-electron chi connectivity index (χ1n) is 6.41. The minimum Gasteiger partial charge on any atom is -0.468 e. The van der Waals surface area contributed by atoms with Crippen LogP contribution in [0.3, 0.4) is 0 Å². The van der Waals surface area contributed by atoms with Crippen molar-refractivity contribution in [3.8, 4) is 0 Å². The molecule has 2 aromatic rings. The van der Waals surface area contributed by atoms with Gasteiger partial charge in [-0.3, -0.25) is 9.69 Å². The van der Waals surface area contributed by atoms with Crippen molar-refractivity contribution in [3.05, 3.63) is 46.5 Å². The van der Waals surface area contributed by atoms with Crippen LogP contribution in [-0.2, 0) is 22.6 Å². The van der Waals surface area contributed by atoms with E-state index in [1.807, 2.05) is 0 Å². The molecule has 0 bridgehead atoms. The highest BCUT2D eigenvalue weighted by molar-refractivity contribution is 7.15. The second-order valence-electron chi connectivity index (χ2n) is 4.63. The van der Waals surface area contributed by atoms with Gasteiger partial charge in [-0.25, -0.2) is 13.8 Å². The fourth-order valence-electron chi connectivity index (χ4n) is 1.93. The standard InChI is InChI=1S/C14H15F2N3O2S/c1-21-13(20)8-19(7-10-5-18-14(17)22-10)6-9-2-3-11(15)12(16)4-9/h2-5H,6-8H2,1H3,(H2,17,18). The van der Waals surface area contributed by atoms with Crippen LogP contribution in [0.25, 0.3) is 0 Å². The Morgan fingerprint density at radius 1 is 1.36 bits per heavy atom. The number of carbonyl (C=O) groups excluding carboxylic acids is 1. The number of nitrogens with zero attached hydrogens (tertiary/aromatic N) is 2. The third kappa shape index (κ3) is 4.47. The zero-order valence-electron chi connectivity index (χ0n) is 11.9. The summed E-state index contributed by atoms with van der Waals surface area (Å²) < 4.78 is 30.9. The highest BCUT2D eigenvalue weighted by Gasteiger charge is 2.15. The van der Waals surface area contributed by atoms with Crippen LogP contribution in [0.15, 0.2) is 24.4 Å². The van der Waals surface area contributed by atoms with Crippen molar-refractivity contribution >= 4 is 22.4 Å². The summed E-state index contributed by atoms with van der Waals surface area (Å²) >= 11 is 1.31. The van der Waals surface area contributed by atoms with Gasteiger partial charge in [0.15, 0.2) is 16.8 Å². The Bertz CT molecular complexity index is 663. The molecule has 0 unspecified atom stereocenters. The predicted octanol–water partition coefficient (Wildman–Crippen LogP) is 2.18. The lowest BCUT2D eigenvalue weighted by molar-refractivity contribution is -0.142. The molecule has 0 saturated carbocycles. The summed E-state index contributed by atoms with van der Waals surface area (Å²) in [6.07, 6.45) is 1.62. The lowest BCUT2D eigenvalue weighted by Crippen LogP contribution is -2.29. The van der Waals surface area contributed by atoms with Gasteiger partial charge in [0.2, 0.25) is 0 Å². The average molecular weight is 327 g/mol. The Morgan fingerprint density at radius 3 is 2.73 bits per heavy atom. The lowest BCUT2D eigenvalue weighted by atomic mass is 10.2. The number of ether oxygens (including phenoxy) is 1. The van der Waals surface area contributed by atoms with E-state index < -0.39 is 17.6 Å². The molecule has 0 aliphatic rings. The van der Waals surface area contributed by atoms with E-state index >= 15 is 0 Å². The summed E-state index contributed by atoms with van der Waals surface area (Å²) in [6.45, 7) is 0.695. The molecule has 8 heteroatoms. The molecule has 0 spiro atoms. The molecular weight excluding hydrogens is 312 g/mol. The summed E-state index contributed by atoms with van der Waals surface area (Å²) in [6, 6.07) is 3.65. The minimum absolute atomic E-state index is 0.0211. The summed E-state index contributed by atoms with van der Waals surface area (Å²) in [4.78, 5) is 18.0. The molecule has 0 aliphatic carbocycles. The number of carbonyl (C=O) groups is 1. The fourth-order valence-corrected chi connectivity index (χ4v) is 2.65. The van der Waals surface area contributed by atoms with Gasteiger partial charge in [-0.2, -0.15) is 0 Å². The molecule has 1 heterocycles. The molecule has 0 aliphatic heterocycles. The SMILES string of the molecule is COC(=O)CN(Cc1ccc(F)c(F)c1)Cc1cnc(N)s1. The first-order chi connectivity index (χ1) is 10.5. The fraction of sp³-hybridized carbons (Fsp3) is 0.286. The van der Waals surface area contributed by atoms with Crippen LogP contribution >= 0.6 is 11.3 Å². The van der Waals surface area contributed by atoms with Crippen molar-refractivity contribution < 1.29 is 18.3 Å². The molecule has 0 saturated heterocycles. The number of hydrogen-bond donors (Lipinski definition) is 1. The Morgan fingerprint density at radius 2 is 2.14 bits per heavy atom. The van der Waals surface area contributed by atoms with Gasteiger partial charge in [0.1, 0.15) is 0 Å². The molecule has 5 nitrogen and oxygen atoms in total. The maximum Gasteiger partial charge on any atom is 0.319 e. The second-order valence-corrected chi connectivity index (χ2v) is 5.78. The molecule has 0 amide bonds. The predicted molar refractivity (Wildman–Crippen MR) is 79.0 cm³/mol. The van der Waals surface area contributed by atoms with Crippen molar-refractivity contribution in [2.75, 3.05) is 19.4 Å². The third-order valence-corrected chi connectivity index (χ3v) is 3.73. The average Bonchev–Trinajstić information content (AvgIpc) is 2.88. The molecule has 118 valence electrons. The number of anilines is 1. The van der Waals surface area contributed by atoms with Gasteiger partial charge >= 0.3 is 5.97 Å². The van der Waals surface area contributed by atoms with E-state index in [9.17, 15) is 13.6 Å². The molecular formula is C14H15F2N3O2S. The Kier molecular flexibility index (Phi) is 5.40. The normalized spacial score (nSPS) is 10.9. The number of halogens is 2. The van der Waals surface area contributed by atoms with Crippen molar-refractivity contribution in [3.63, 3.8) is 0 Å². The molecule has 0 atom stereocenters. The van der Waals surface area contributed by atoms with E-state index in [2.05, 4.69) is 9.72 Å². The number of nitrogen functional groups attached to an aromatic ring is 1. The number of aromatic nitrogens is 1. The van der Waals surface area contributed by atoms with Crippen LogP contribution in [-0.4, -0.2) is 29.5 Å². The third-order valence-electron chi connectivity index (χ3n) is 2.92. The molecule has 0 fully saturated rings. The first-order valence-corrected chi connectivity index (χ1v) is 7.23. The van der Waals surface area contributed by atoms with Gasteiger partial charge in [0.05, 0.1) is 13.7 Å². The van der Waals surface area contributed by atoms with Crippen LogP contribution < -0.4 is 5.73 Å². The topological polar surface area (TPSA) is 68.5 Å². The van der Waals surface area contributed by atoms with Crippen LogP contribution in [0, 0.1) is 11.6 Å². The van der Waals surface area contributed by atoms with E-state index in [4.69, 9.17) is 5.73 Å². The maximum absolute atomic E-state index is 13.3. The van der Waals surface area contributed by atoms with Crippen LogP contribution in [0.5, 0.6) is 0 Å². The molecule has 0 radical (unpaired) electrons. The maximum atomic E-state index is 13.3. The second kappa shape index (κ2) is 7.28. The molecule has 1 aromatic heterocycles. The van der Waals surface area contributed by atoms with Crippen molar-refractivity contribution in [2.24, 2.45) is 0 Å². The summed E-state index contributed by atoms with van der Waals surface area (Å²) in [5.74, 6) is -2.24. The molecule has 1 aromatic carbocycles. The van der Waals surface area contributed by atoms with Gasteiger partial charge in [-0.15, -0.1) is 11.3 Å². The number of methoxy groups -OCH3 is 1. The van der Waals surface area contributed by atoms with Crippen LogP contribution in [0.4, 0.5) is 13.9 Å². The number of thiazole rings is 1. The van der Waals surface area contributed by atoms with Crippen molar-refractivity contribution in [1.82, 2.24) is 9.88 Å². The van der Waals surface area contributed by atoms with Gasteiger partial charge < -0.3 is 10.5 Å². The monoisotopic (exact) mass is 327 g/mol. The van der Waals surface area contributed by atoms with E-state index in [0.29, 0.717) is 17.2 Å². The zero-order chi connectivity index (χ0) is 16.1. The first kappa shape index (κ1) is 16.3. The van der Waals surface area contributed by atoms with E-state index in [0.717, 1.165) is 17.0 Å². The number of benzene rings is 1. The van der Waals surface area contributed by atoms with Crippen LogP contribution in [0.2, 0.25) is 0 Å². The summed E-state index contributed by atoms with van der Waals surface area (Å²) in [5.41, 5.74) is 6.13. The Hall–Kier alpha value is -2.06. The van der Waals surface area contributed by atoms with Gasteiger partial charge in [-0.1, -0.05) is 6.07 Å². The van der Waals surface area contributed by atoms with Gasteiger partial charge in [0.25, 0.3) is 0 Å². The van der Waals surface area contributed by atoms with Gasteiger partial charge in [-0.05, 0) is 17.7 Å². The van der Waals surface area contributed by atoms with Crippen molar-refractivity contribution in [2.45, 2.75) is 13.1 Å². The van der Waals surface area contributed by atoms with E-state index in [1.165, 1.54) is 24.5 Å². The molecule has 22 heavy (non-hydrogen) atoms. The van der Waals surface area contributed by atoms with Crippen molar-refractivity contribution in [1.29, 1.82) is 0 Å². The Labute approximate surface area is 130 Å². The number of esters is 1.